The second kappa shape index (κ2) is 10.6. The molecule has 24 heavy (non-hydrogen) atoms. The maximum Gasteiger partial charge on any atom is 0.320 e. The van der Waals surface area contributed by atoms with E-state index in [1.165, 1.54) is 69.9 Å². The van der Waals surface area contributed by atoms with E-state index in [1.807, 2.05) is 0 Å². The van der Waals surface area contributed by atoms with Crippen molar-refractivity contribution >= 4 is 25.7 Å². The molecule has 1 unspecified atom stereocenters. The van der Waals surface area contributed by atoms with Gasteiger partial charge in [0.2, 0.25) is 0 Å². The van der Waals surface area contributed by atoms with Crippen molar-refractivity contribution in [2.75, 3.05) is 0 Å². The van der Waals surface area contributed by atoms with Crippen molar-refractivity contribution in [1.82, 2.24) is 0 Å². The second-order valence-corrected chi connectivity index (χ2v) is 19.0. The van der Waals surface area contributed by atoms with Crippen molar-refractivity contribution in [3.8, 4) is 0 Å². The fourth-order valence-electron chi connectivity index (χ4n) is 3.84. The van der Waals surface area contributed by atoms with E-state index < -0.39 is 25.7 Å². The fraction of sp³-hybridized carbons (Fsp3) is 1.00. The first kappa shape index (κ1) is 22.6. The first-order chi connectivity index (χ1) is 11.3. The van der Waals surface area contributed by atoms with Crippen LogP contribution in [0.3, 0.4) is 0 Å². The van der Waals surface area contributed by atoms with Gasteiger partial charge in [-0.2, -0.15) is 0 Å². The molecule has 1 fully saturated rings. The van der Waals surface area contributed by atoms with Crippen LogP contribution in [-0.2, 0) is 12.3 Å². The highest BCUT2D eigenvalue weighted by Crippen LogP contribution is 2.39. The van der Waals surface area contributed by atoms with Gasteiger partial charge in [0.05, 0.1) is 0 Å². The Morgan fingerprint density at radius 1 is 0.542 bits per heavy atom. The van der Waals surface area contributed by atoms with Gasteiger partial charge in [0.25, 0.3) is 0 Å². The Bertz CT molecular complexity index is 342. The van der Waals surface area contributed by atoms with Gasteiger partial charge < -0.3 is 12.3 Å². The molecule has 0 saturated carbocycles. The van der Waals surface area contributed by atoms with Crippen LogP contribution >= 0.6 is 0 Å². The van der Waals surface area contributed by atoms with E-state index in [9.17, 15) is 0 Å². The average Bonchev–Trinajstić information content (AvgIpc) is 2.46. The van der Waals surface area contributed by atoms with Gasteiger partial charge in [-0.05, 0) is 37.8 Å². The zero-order chi connectivity index (χ0) is 18.1. The molecular formula is C18H42O3Si3. The van der Waals surface area contributed by atoms with Crippen LogP contribution in [0.4, 0.5) is 0 Å². The van der Waals surface area contributed by atoms with Gasteiger partial charge in [-0.15, -0.1) is 0 Å². The van der Waals surface area contributed by atoms with E-state index >= 15 is 0 Å². The van der Waals surface area contributed by atoms with Crippen LogP contribution in [0, 0.1) is 0 Å². The summed E-state index contributed by atoms with van der Waals surface area (Å²) in [4.78, 5) is 0. The SMILES string of the molecule is CCCCC[Si]1(C)O[Si](C)(C)O[Si](CCCCC)(CCCCC)O1. The Hall–Kier alpha value is 0.531. The predicted octanol–water partition coefficient (Wildman–Crippen LogP) is 6.84. The molecule has 144 valence electrons. The molecule has 0 aromatic rings. The molecule has 0 amide bonds. The third-order valence-electron chi connectivity index (χ3n) is 4.85. The molecular weight excluding hydrogens is 348 g/mol. The topological polar surface area (TPSA) is 27.7 Å². The molecule has 1 aliphatic rings. The molecule has 0 aromatic carbocycles. The highest BCUT2D eigenvalue weighted by Gasteiger charge is 2.55. The lowest BCUT2D eigenvalue weighted by Gasteiger charge is -2.50. The minimum Gasteiger partial charge on any atom is -0.416 e. The summed E-state index contributed by atoms with van der Waals surface area (Å²) in [5.41, 5.74) is 0. The highest BCUT2D eigenvalue weighted by molar-refractivity contribution is 6.93. The van der Waals surface area contributed by atoms with Crippen LogP contribution in [0.5, 0.6) is 0 Å². The zero-order valence-corrected chi connectivity index (χ0v) is 20.2. The molecule has 1 saturated heterocycles. The fourth-order valence-corrected chi connectivity index (χ4v) is 21.5. The standard InChI is InChI=1S/C18H42O3Si3/c1-7-10-13-16-23(6)19-22(4,5)20-24(21-23,17-14-11-8-2)18-15-12-9-3/h7-18H2,1-6H3. The molecule has 1 rings (SSSR count). The molecule has 1 heterocycles. The summed E-state index contributed by atoms with van der Waals surface area (Å²) in [5, 5.41) is 0. The molecule has 0 aliphatic carbocycles. The third kappa shape index (κ3) is 7.83. The summed E-state index contributed by atoms with van der Waals surface area (Å²) in [6, 6.07) is 3.51. The van der Waals surface area contributed by atoms with Crippen LogP contribution in [0.1, 0.15) is 78.6 Å². The van der Waals surface area contributed by atoms with Gasteiger partial charge >= 0.3 is 25.7 Å². The summed E-state index contributed by atoms with van der Waals surface area (Å²) in [5.74, 6) is 0. The molecule has 0 N–H and O–H groups in total. The third-order valence-corrected chi connectivity index (χ3v) is 18.7. The number of unbranched alkanes of at least 4 members (excludes halogenated alkanes) is 6. The maximum absolute atomic E-state index is 6.90. The lowest BCUT2D eigenvalue weighted by molar-refractivity contribution is 0.219. The molecule has 0 radical (unpaired) electrons. The van der Waals surface area contributed by atoms with Gasteiger partial charge in [-0.25, -0.2) is 0 Å². The first-order valence-corrected chi connectivity index (χ1v) is 18.0. The van der Waals surface area contributed by atoms with Gasteiger partial charge in [0, 0.05) is 0 Å². The van der Waals surface area contributed by atoms with Crippen molar-refractivity contribution in [3.05, 3.63) is 0 Å². The van der Waals surface area contributed by atoms with Gasteiger partial charge in [0.1, 0.15) is 0 Å². The van der Waals surface area contributed by atoms with Gasteiger partial charge in [-0.3, -0.25) is 0 Å². The summed E-state index contributed by atoms with van der Waals surface area (Å²) in [7, 11) is -6.20. The van der Waals surface area contributed by atoms with E-state index in [1.54, 1.807) is 0 Å². The smallest absolute Gasteiger partial charge is 0.320 e. The van der Waals surface area contributed by atoms with E-state index in [0.29, 0.717) is 0 Å². The van der Waals surface area contributed by atoms with E-state index in [-0.39, 0.29) is 0 Å². The minimum atomic E-state index is -2.09. The minimum absolute atomic E-state index is 1.15. The van der Waals surface area contributed by atoms with Crippen LogP contribution in [0.15, 0.2) is 0 Å². The van der Waals surface area contributed by atoms with Crippen molar-refractivity contribution in [2.45, 2.75) is 116 Å². The van der Waals surface area contributed by atoms with Gasteiger partial charge in [-0.1, -0.05) is 78.6 Å². The second-order valence-electron chi connectivity index (χ2n) is 8.12. The molecule has 0 aromatic heterocycles. The van der Waals surface area contributed by atoms with E-state index in [2.05, 4.69) is 40.4 Å². The van der Waals surface area contributed by atoms with Crippen molar-refractivity contribution < 1.29 is 12.3 Å². The Morgan fingerprint density at radius 3 is 1.46 bits per heavy atom. The molecule has 0 spiro atoms. The van der Waals surface area contributed by atoms with Crippen LogP contribution in [-0.4, -0.2) is 25.7 Å². The Morgan fingerprint density at radius 2 is 1.00 bits per heavy atom. The zero-order valence-electron chi connectivity index (χ0n) is 17.2. The van der Waals surface area contributed by atoms with E-state index in [4.69, 9.17) is 12.3 Å². The number of rotatable bonds is 12. The Balaban J connectivity index is 2.86. The highest BCUT2D eigenvalue weighted by atomic mass is 28.5. The van der Waals surface area contributed by atoms with Crippen molar-refractivity contribution in [1.29, 1.82) is 0 Å². The van der Waals surface area contributed by atoms with Crippen LogP contribution < -0.4 is 0 Å². The van der Waals surface area contributed by atoms with Crippen LogP contribution in [0.25, 0.3) is 0 Å². The molecule has 1 atom stereocenters. The predicted molar refractivity (Wildman–Crippen MR) is 111 cm³/mol. The quantitative estimate of drug-likeness (QED) is 0.270. The number of hydrogen-bond donors (Lipinski definition) is 0. The summed E-state index contributed by atoms with van der Waals surface area (Å²) >= 11 is 0. The molecule has 0 bridgehead atoms. The summed E-state index contributed by atoms with van der Waals surface area (Å²) < 4.78 is 20.2. The van der Waals surface area contributed by atoms with Gasteiger partial charge in [0.15, 0.2) is 0 Å². The normalized spacial score (nSPS) is 25.8. The maximum atomic E-state index is 6.90. The van der Waals surface area contributed by atoms with Crippen molar-refractivity contribution in [2.24, 2.45) is 0 Å². The van der Waals surface area contributed by atoms with Crippen LogP contribution in [0.2, 0.25) is 37.8 Å². The molecule has 1 aliphatic heterocycles. The Labute approximate surface area is 154 Å². The lowest BCUT2D eigenvalue weighted by atomic mass is 10.3. The molecule has 3 nitrogen and oxygen atoms in total. The summed E-state index contributed by atoms with van der Waals surface area (Å²) in [6.45, 7) is 13.6. The lowest BCUT2D eigenvalue weighted by Crippen LogP contribution is -2.67. The van der Waals surface area contributed by atoms with Crippen molar-refractivity contribution in [3.63, 3.8) is 0 Å². The van der Waals surface area contributed by atoms with E-state index in [0.717, 1.165) is 6.04 Å². The first-order valence-electron chi connectivity index (χ1n) is 10.4. The monoisotopic (exact) mass is 390 g/mol. The average molecular weight is 391 g/mol. The number of hydrogen-bond acceptors (Lipinski definition) is 3. The molecule has 6 heteroatoms. The Kier molecular flexibility index (Phi) is 9.99. The largest absolute Gasteiger partial charge is 0.416 e. The summed E-state index contributed by atoms with van der Waals surface area (Å²) in [6.07, 6.45) is 11.5.